The summed E-state index contributed by atoms with van der Waals surface area (Å²) >= 11 is 2.31. The predicted octanol–water partition coefficient (Wildman–Crippen LogP) is 16.7. The smallest absolute Gasteiger partial charge is 0.160 e. The van der Waals surface area contributed by atoms with Gasteiger partial charge in [0.25, 0.3) is 0 Å². The van der Waals surface area contributed by atoms with Gasteiger partial charge >= 0.3 is 0 Å². The van der Waals surface area contributed by atoms with Gasteiger partial charge in [0.05, 0.1) is 79.4 Å². The van der Waals surface area contributed by atoms with Gasteiger partial charge in [-0.2, -0.15) is 15.8 Å². The summed E-state index contributed by atoms with van der Waals surface area (Å²) in [6, 6.07) is 84.1. The van der Waals surface area contributed by atoms with E-state index in [9.17, 15) is 15.8 Å². The second kappa shape index (κ2) is 17.8. The van der Waals surface area contributed by atoms with Crippen molar-refractivity contribution >= 4 is 88.0 Å². The van der Waals surface area contributed by atoms with E-state index in [1.165, 1.54) is 0 Å². The van der Waals surface area contributed by atoms with Crippen LogP contribution in [0.15, 0.2) is 224 Å². The molecule has 0 amide bonds. The third-order valence-corrected chi connectivity index (χ3v) is 15.3. The molecular weight excluding hydrogens is 1040 g/mol. The Morgan fingerprint density at radius 1 is 0.303 bits per heavy atom. The highest BCUT2D eigenvalue weighted by Gasteiger charge is 2.20. The number of benzene rings is 10. The second-order valence-corrected chi connectivity index (χ2v) is 20.2. The van der Waals surface area contributed by atoms with Crippen molar-refractivity contribution in [1.82, 2.24) is 23.7 Å². The van der Waals surface area contributed by atoms with E-state index < -0.39 is 0 Å². The van der Waals surface area contributed by atoms with Crippen LogP contribution in [0, 0.1) is 37.6 Å². The van der Waals surface area contributed by atoms with Gasteiger partial charge in [-0.1, -0.05) is 97.1 Å². The molecule has 0 N–H and O–H groups in total. The summed E-state index contributed by atoms with van der Waals surface area (Å²) in [5.41, 5.74) is 17.8. The number of hydrogen-bond acceptors (Lipinski definition) is 5. The Hall–Kier alpha value is -10.1. The molecule has 10 aromatic carbocycles. The molecule has 0 bridgehead atoms. The van der Waals surface area contributed by atoms with Crippen molar-refractivity contribution in [3.63, 3.8) is 0 Å². The molecule has 14 rings (SSSR count). The lowest BCUT2D eigenvalue weighted by Gasteiger charge is -2.12. The third-order valence-electron chi connectivity index (χ3n) is 14.6. The molecule has 0 saturated carbocycles. The molecule has 9 heteroatoms. The highest BCUT2D eigenvalue weighted by Crippen LogP contribution is 2.41. The molecule has 0 aliphatic rings. The number of rotatable bonds is 7. The van der Waals surface area contributed by atoms with Crippen molar-refractivity contribution < 1.29 is 0 Å². The maximum Gasteiger partial charge on any atom is 0.160 e. The number of nitrogens with zero attached hydrogens (tertiary/aromatic N) is 8. The van der Waals surface area contributed by atoms with Gasteiger partial charge in [-0.15, -0.1) is 0 Å². The summed E-state index contributed by atoms with van der Waals surface area (Å²) in [5.74, 6) is 0.633. The second-order valence-electron chi connectivity index (χ2n) is 18.9. The minimum Gasteiger partial charge on any atom is -0.309 e. The highest BCUT2D eigenvalue weighted by molar-refractivity contribution is 14.1. The standard InChI is InChI=1S/C67H37IN8/c68-49-23-19-48(20-24-49)67-72-59(46-13-9-41(38-69)10-14-46)37-60(73-67)47-17-15-44(16-18-47)45-21-25-50(26-22-45)74-65-31-27-51(75-61-7-3-1-5-53(61)55-33-42(39-70)11-29-63(55)75)35-57(65)58-36-52(28-32-66(58)74)76-62-8-4-2-6-54(62)56-34-43(40-71)12-30-64(56)76/h1-37H. The molecule has 4 aromatic heterocycles. The molecule has 0 unspecified atom stereocenters. The van der Waals surface area contributed by atoms with Crippen LogP contribution < -0.4 is 0 Å². The molecule has 0 aliphatic carbocycles. The Balaban J connectivity index is 0.889. The first-order valence-corrected chi connectivity index (χ1v) is 25.8. The maximum atomic E-state index is 9.87. The minimum atomic E-state index is 0.598. The number of para-hydroxylation sites is 2. The molecule has 0 fully saturated rings. The first kappa shape index (κ1) is 44.6. The normalized spacial score (nSPS) is 11.4. The molecule has 14 aromatic rings. The lowest BCUT2D eigenvalue weighted by molar-refractivity contribution is 1.16. The number of fused-ring (bicyclic) bond motifs is 9. The summed E-state index contributed by atoms with van der Waals surface area (Å²) in [6.07, 6.45) is 0. The van der Waals surface area contributed by atoms with Crippen LogP contribution in [0.3, 0.4) is 0 Å². The fourth-order valence-electron chi connectivity index (χ4n) is 11.0. The van der Waals surface area contributed by atoms with Crippen molar-refractivity contribution in [2.45, 2.75) is 0 Å². The average molecular weight is 1080 g/mol. The number of hydrogen-bond donors (Lipinski definition) is 0. The zero-order valence-electron chi connectivity index (χ0n) is 40.3. The number of halogens is 1. The van der Waals surface area contributed by atoms with Gasteiger partial charge in [-0.25, -0.2) is 9.97 Å². The van der Waals surface area contributed by atoms with E-state index in [1.54, 1.807) is 0 Å². The predicted molar refractivity (Wildman–Crippen MR) is 314 cm³/mol. The largest absolute Gasteiger partial charge is 0.309 e. The van der Waals surface area contributed by atoms with E-state index in [4.69, 9.17) is 9.97 Å². The van der Waals surface area contributed by atoms with Gasteiger partial charge in [0.15, 0.2) is 5.82 Å². The molecule has 76 heavy (non-hydrogen) atoms. The first-order chi connectivity index (χ1) is 37.4. The molecule has 0 atom stereocenters. The Morgan fingerprint density at radius 2 is 0.658 bits per heavy atom. The molecular formula is C67H37IN8. The Kier molecular flexibility index (Phi) is 10.5. The van der Waals surface area contributed by atoms with Crippen molar-refractivity contribution in [2.75, 3.05) is 0 Å². The average Bonchev–Trinajstić information content (AvgIpc) is 4.12. The topological polar surface area (TPSA) is 112 Å². The van der Waals surface area contributed by atoms with Crippen LogP contribution in [0.4, 0.5) is 0 Å². The summed E-state index contributed by atoms with van der Waals surface area (Å²) in [4.78, 5) is 10.1. The van der Waals surface area contributed by atoms with Crippen LogP contribution in [-0.2, 0) is 0 Å². The van der Waals surface area contributed by atoms with Crippen LogP contribution >= 0.6 is 22.6 Å². The highest BCUT2D eigenvalue weighted by atomic mass is 127. The third kappa shape index (κ3) is 7.31. The van der Waals surface area contributed by atoms with Crippen molar-refractivity contribution in [2.24, 2.45) is 0 Å². The Morgan fingerprint density at radius 3 is 1.14 bits per heavy atom. The molecule has 352 valence electrons. The van der Waals surface area contributed by atoms with E-state index in [0.29, 0.717) is 22.5 Å². The van der Waals surface area contributed by atoms with E-state index >= 15 is 0 Å². The Bertz CT molecular complexity index is 4640. The van der Waals surface area contributed by atoms with Gasteiger partial charge in [-0.3, -0.25) is 0 Å². The van der Waals surface area contributed by atoms with Gasteiger partial charge in [0, 0.05) is 69.6 Å². The van der Waals surface area contributed by atoms with Gasteiger partial charge in [-0.05, 0) is 161 Å². The maximum absolute atomic E-state index is 9.87. The van der Waals surface area contributed by atoms with Crippen LogP contribution in [-0.4, -0.2) is 23.7 Å². The van der Waals surface area contributed by atoms with E-state index in [1.807, 2.05) is 66.7 Å². The van der Waals surface area contributed by atoms with Crippen LogP contribution in [0.2, 0.25) is 0 Å². The van der Waals surface area contributed by atoms with Crippen LogP contribution in [0.25, 0.3) is 128 Å². The number of aromatic nitrogens is 5. The summed E-state index contributed by atoms with van der Waals surface area (Å²) in [5, 5.41) is 35.6. The van der Waals surface area contributed by atoms with Crippen molar-refractivity contribution in [3.05, 3.63) is 245 Å². The lowest BCUT2D eigenvalue weighted by Crippen LogP contribution is -1.97. The summed E-state index contributed by atoms with van der Waals surface area (Å²) in [7, 11) is 0. The molecule has 4 heterocycles. The van der Waals surface area contributed by atoms with E-state index in [0.717, 1.165) is 125 Å². The molecule has 0 saturated heterocycles. The van der Waals surface area contributed by atoms with Gasteiger partial charge in [0.2, 0.25) is 0 Å². The molecule has 0 radical (unpaired) electrons. The van der Waals surface area contributed by atoms with E-state index in [-0.39, 0.29) is 0 Å². The summed E-state index contributed by atoms with van der Waals surface area (Å²) < 4.78 is 8.10. The number of nitriles is 3. The lowest BCUT2D eigenvalue weighted by atomic mass is 10.0. The Labute approximate surface area is 449 Å². The fourth-order valence-corrected chi connectivity index (χ4v) is 11.4. The molecule has 8 nitrogen and oxygen atoms in total. The minimum absolute atomic E-state index is 0.598. The first-order valence-electron chi connectivity index (χ1n) is 24.7. The van der Waals surface area contributed by atoms with Crippen LogP contribution in [0.5, 0.6) is 0 Å². The van der Waals surface area contributed by atoms with Crippen LogP contribution in [0.1, 0.15) is 16.7 Å². The van der Waals surface area contributed by atoms with Gasteiger partial charge in [0.1, 0.15) is 0 Å². The summed E-state index contributed by atoms with van der Waals surface area (Å²) in [6.45, 7) is 0. The van der Waals surface area contributed by atoms with Gasteiger partial charge < -0.3 is 13.7 Å². The van der Waals surface area contributed by atoms with E-state index in [2.05, 4.69) is 212 Å². The quantitative estimate of drug-likeness (QED) is 0.148. The SMILES string of the molecule is N#Cc1ccc(-c2cc(-c3ccc(-c4ccc(-n5c6ccc(-n7c8ccccc8c8cc(C#N)ccc87)cc6c6cc(-n7c8ccccc8c8cc(C#N)ccc87)ccc65)cc4)cc3)nc(-c3ccc(I)cc3)n2)cc1. The van der Waals surface area contributed by atoms with Crippen molar-refractivity contribution in [1.29, 1.82) is 15.8 Å². The van der Waals surface area contributed by atoms with Crippen molar-refractivity contribution in [3.8, 4) is 80.3 Å². The molecule has 0 aliphatic heterocycles. The molecule has 0 spiro atoms. The monoisotopic (exact) mass is 1080 g/mol. The fraction of sp³-hybridized carbons (Fsp3) is 0. The zero-order valence-corrected chi connectivity index (χ0v) is 42.5. The zero-order chi connectivity index (χ0) is 51.0.